The molecule has 0 saturated carbocycles. The van der Waals surface area contributed by atoms with E-state index < -0.39 is 0 Å². The summed E-state index contributed by atoms with van der Waals surface area (Å²) in [5, 5.41) is 0. The van der Waals surface area contributed by atoms with E-state index in [1.165, 1.54) is 0 Å². The fraction of sp³-hybridized carbons (Fsp3) is 0.500. The molecule has 2 N–H and O–H groups in total. The van der Waals surface area contributed by atoms with Crippen molar-refractivity contribution < 1.29 is 0 Å². The fourth-order valence-electron chi connectivity index (χ4n) is 2.99. The number of aryl methyl sites for hydroxylation is 1. The minimum atomic E-state index is -0.0469. The van der Waals surface area contributed by atoms with E-state index in [2.05, 4.69) is 16.7 Å². The maximum Gasteiger partial charge on any atom is 0.280 e. The lowest BCUT2D eigenvalue weighted by Crippen LogP contribution is -2.45. The molecule has 2 aromatic rings. The Kier molecular flexibility index (Phi) is 3.90. The summed E-state index contributed by atoms with van der Waals surface area (Å²) in [7, 11) is 1.86. The molecule has 1 aliphatic rings. The molecule has 116 valence electrons. The van der Waals surface area contributed by atoms with Gasteiger partial charge in [0.25, 0.3) is 5.56 Å². The molecule has 0 radical (unpaired) electrons. The Morgan fingerprint density at radius 3 is 3.05 bits per heavy atom. The molecule has 0 aliphatic carbocycles. The Morgan fingerprint density at radius 1 is 1.50 bits per heavy atom. The maximum absolute atomic E-state index is 12.8. The van der Waals surface area contributed by atoms with Gasteiger partial charge in [-0.3, -0.25) is 9.36 Å². The summed E-state index contributed by atoms with van der Waals surface area (Å²) in [6.07, 6.45) is 3.90. The minimum absolute atomic E-state index is 0.0469. The molecular weight excluding hydrogens is 278 g/mol. The second kappa shape index (κ2) is 5.85. The lowest BCUT2D eigenvalue weighted by molar-refractivity contribution is 0.492. The topological polar surface area (TPSA) is 69.1 Å². The normalized spacial score (nSPS) is 18.3. The van der Waals surface area contributed by atoms with E-state index in [0.717, 1.165) is 31.4 Å². The molecule has 6 nitrogen and oxygen atoms in total. The molecule has 1 atom stereocenters. The van der Waals surface area contributed by atoms with E-state index in [1.54, 1.807) is 11.5 Å². The van der Waals surface area contributed by atoms with Gasteiger partial charge >= 0.3 is 0 Å². The van der Waals surface area contributed by atoms with Crippen LogP contribution in [0.5, 0.6) is 0 Å². The van der Waals surface area contributed by atoms with E-state index in [4.69, 9.17) is 10.7 Å². The summed E-state index contributed by atoms with van der Waals surface area (Å²) in [5.41, 5.74) is 7.37. The van der Waals surface area contributed by atoms with E-state index in [-0.39, 0.29) is 11.6 Å². The van der Waals surface area contributed by atoms with Crippen molar-refractivity contribution in [3.05, 3.63) is 22.6 Å². The predicted molar refractivity (Wildman–Crippen MR) is 87.8 cm³/mol. The van der Waals surface area contributed by atoms with Crippen LogP contribution in [0, 0.1) is 11.8 Å². The maximum atomic E-state index is 12.8. The summed E-state index contributed by atoms with van der Waals surface area (Å²) in [6.45, 7) is 3.73. The molecule has 3 heterocycles. The van der Waals surface area contributed by atoms with Gasteiger partial charge in [0.1, 0.15) is 5.52 Å². The highest BCUT2D eigenvalue weighted by atomic mass is 16.1. The number of fused-ring (bicyclic) bond motifs is 1. The summed E-state index contributed by atoms with van der Waals surface area (Å²) < 4.78 is 3.48. The lowest BCUT2D eigenvalue weighted by atomic mass is 10.1. The van der Waals surface area contributed by atoms with E-state index in [0.29, 0.717) is 18.0 Å². The molecule has 6 heteroatoms. The molecule has 0 aromatic carbocycles. The first-order valence-corrected chi connectivity index (χ1v) is 7.58. The zero-order chi connectivity index (χ0) is 15.7. The second-order valence-corrected chi connectivity index (χ2v) is 5.74. The summed E-state index contributed by atoms with van der Waals surface area (Å²) in [6, 6.07) is 2.00. The molecule has 0 spiro atoms. The first-order chi connectivity index (χ1) is 10.6. The molecule has 0 bridgehead atoms. The van der Waals surface area contributed by atoms with E-state index >= 15 is 0 Å². The minimum Gasteiger partial charge on any atom is -0.345 e. The Balaban J connectivity index is 2.17. The van der Waals surface area contributed by atoms with Gasteiger partial charge in [0.2, 0.25) is 5.95 Å². The van der Waals surface area contributed by atoms with Crippen molar-refractivity contribution >= 4 is 17.0 Å². The molecule has 0 unspecified atom stereocenters. The average molecular weight is 299 g/mol. The number of rotatable bonds is 2. The van der Waals surface area contributed by atoms with Crippen molar-refractivity contribution in [1.29, 1.82) is 0 Å². The smallest absolute Gasteiger partial charge is 0.280 e. The zero-order valence-corrected chi connectivity index (χ0v) is 13.0. The largest absolute Gasteiger partial charge is 0.345 e. The van der Waals surface area contributed by atoms with Crippen LogP contribution in [-0.4, -0.2) is 33.2 Å². The van der Waals surface area contributed by atoms with Gasteiger partial charge in [0, 0.05) is 32.4 Å². The van der Waals surface area contributed by atoms with Crippen LogP contribution in [0.2, 0.25) is 0 Å². The van der Waals surface area contributed by atoms with Gasteiger partial charge in [-0.25, -0.2) is 4.98 Å². The summed E-state index contributed by atoms with van der Waals surface area (Å²) in [5.74, 6) is 6.51. The third-order valence-corrected chi connectivity index (χ3v) is 4.12. The Bertz CT molecular complexity index is 808. The number of hydrogen-bond acceptors (Lipinski definition) is 4. The first kappa shape index (κ1) is 14.7. The van der Waals surface area contributed by atoms with Crippen LogP contribution in [0.25, 0.3) is 11.0 Å². The van der Waals surface area contributed by atoms with Gasteiger partial charge in [-0.1, -0.05) is 5.92 Å². The predicted octanol–water partition coefficient (Wildman–Crippen LogP) is 0.686. The summed E-state index contributed by atoms with van der Waals surface area (Å²) >= 11 is 0. The standard InChI is InChI=1S/C16H21N5O/c1-3-4-9-21-15(22)14-13(7-10-19(14)2)18-16(21)20-8-5-6-12(17)11-20/h7,10,12H,5-6,8-9,11,17H2,1-2H3/t12-/m1/s1. The lowest BCUT2D eigenvalue weighted by Gasteiger charge is -2.32. The third-order valence-electron chi connectivity index (χ3n) is 4.12. The molecule has 2 aromatic heterocycles. The number of aromatic nitrogens is 3. The molecule has 3 rings (SSSR count). The monoisotopic (exact) mass is 299 g/mol. The Morgan fingerprint density at radius 2 is 2.32 bits per heavy atom. The SMILES string of the molecule is CC#CCn1c(N2CCC[C@@H](N)C2)nc2ccn(C)c2c1=O. The van der Waals surface area contributed by atoms with Crippen LogP contribution in [0.15, 0.2) is 17.1 Å². The first-order valence-electron chi connectivity index (χ1n) is 7.58. The van der Waals surface area contributed by atoms with E-state index in [1.807, 2.05) is 23.9 Å². The Hall–Kier alpha value is -2.26. The van der Waals surface area contributed by atoms with Crippen LogP contribution in [0.4, 0.5) is 5.95 Å². The van der Waals surface area contributed by atoms with Crippen LogP contribution in [0.3, 0.4) is 0 Å². The van der Waals surface area contributed by atoms with Gasteiger partial charge in [0.15, 0.2) is 0 Å². The van der Waals surface area contributed by atoms with Crippen LogP contribution in [-0.2, 0) is 13.6 Å². The highest BCUT2D eigenvalue weighted by Gasteiger charge is 2.22. The van der Waals surface area contributed by atoms with Gasteiger partial charge in [-0.2, -0.15) is 0 Å². The van der Waals surface area contributed by atoms with Crippen LogP contribution in [0.1, 0.15) is 19.8 Å². The number of piperidine rings is 1. The number of hydrogen-bond donors (Lipinski definition) is 1. The van der Waals surface area contributed by atoms with Crippen molar-refractivity contribution in [1.82, 2.24) is 14.1 Å². The number of anilines is 1. The second-order valence-electron chi connectivity index (χ2n) is 5.74. The molecule has 1 saturated heterocycles. The van der Waals surface area contributed by atoms with Gasteiger partial charge in [-0.15, -0.1) is 5.92 Å². The van der Waals surface area contributed by atoms with Gasteiger partial charge < -0.3 is 15.2 Å². The van der Waals surface area contributed by atoms with E-state index in [9.17, 15) is 4.79 Å². The molecular formula is C16H21N5O. The van der Waals surface area contributed by atoms with Crippen molar-refractivity contribution in [2.45, 2.75) is 32.4 Å². The molecule has 0 amide bonds. The number of nitrogens with zero attached hydrogens (tertiary/aromatic N) is 4. The molecule has 1 fully saturated rings. The zero-order valence-electron chi connectivity index (χ0n) is 13.0. The van der Waals surface area contributed by atoms with Crippen molar-refractivity contribution in [2.75, 3.05) is 18.0 Å². The Labute approximate surface area is 129 Å². The van der Waals surface area contributed by atoms with Gasteiger partial charge in [-0.05, 0) is 25.8 Å². The molecule has 1 aliphatic heterocycles. The molecule has 22 heavy (non-hydrogen) atoms. The highest BCUT2D eigenvalue weighted by Crippen LogP contribution is 2.19. The average Bonchev–Trinajstić information content (AvgIpc) is 2.87. The fourth-order valence-corrected chi connectivity index (χ4v) is 2.99. The van der Waals surface area contributed by atoms with Crippen molar-refractivity contribution in [3.8, 4) is 11.8 Å². The highest BCUT2D eigenvalue weighted by molar-refractivity contribution is 5.76. The summed E-state index contributed by atoms with van der Waals surface area (Å²) in [4.78, 5) is 19.7. The number of nitrogens with two attached hydrogens (primary N) is 1. The van der Waals surface area contributed by atoms with Crippen LogP contribution >= 0.6 is 0 Å². The van der Waals surface area contributed by atoms with Crippen molar-refractivity contribution in [3.63, 3.8) is 0 Å². The van der Waals surface area contributed by atoms with Gasteiger partial charge in [0.05, 0.1) is 12.1 Å². The van der Waals surface area contributed by atoms with Crippen LogP contribution < -0.4 is 16.2 Å². The third kappa shape index (κ3) is 2.48. The van der Waals surface area contributed by atoms with Crippen molar-refractivity contribution in [2.24, 2.45) is 12.8 Å². The quantitative estimate of drug-likeness (QED) is 0.828.